The first-order chi connectivity index (χ1) is 15.2. The molecule has 2 aromatic rings. The summed E-state index contributed by atoms with van der Waals surface area (Å²) < 4.78 is 14.0. The van der Waals surface area contributed by atoms with Crippen molar-refractivity contribution in [3.8, 4) is 11.5 Å². The Kier molecular flexibility index (Phi) is 6.99. The lowest BCUT2D eigenvalue weighted by Gasteiger charge is -2.39. The normalized spacial score (nSPS) is 22.5. The zero-order valence-electron chi connectivity index (χ0n) is 19.0. The Morgan fingerprint density at radius 1 is 1.26 bits per heavy atom. The van der Waals surface area contributed by atoms with Crippen molar-refractivity contribution in [3.05, 3.63) is 42.5 Å². The highest BCUT2D eigenvalue weighted by Crippen LogP contribution is 2.30. The monoisotopic (exact) mass is 425 g/mol. The first-order valence-electron chi connectivity index (χ1n) is 11.4. The average molecular weight is 426 g/mol. The number of methoxy groups -OCH3 is 1. The number of hydrogen-bond donors (Lipinski definition) is 1. The van der Waals surface area contributed by atoms with E-state index in [1.165, 1.54) is 12.8 Å². The minimum Gasteiger partial charge on any atom is -0.497 e. The van der Waals surface area contributed by atoms with Crippen molar-refractivity contribution in [2.45, 2.75) is 57.7 Å². The van der Waals surface area contributed by atoms with E-state index in [1.54, 1.807) is 7.11 Å². The molecule has 0 spiro atoms. The molecule has 2 heterocycles. The van der Waals surface area contributed by atoms with Gasteiger partial charge in [-0.15, -0.1) is 0 Å². The zero-order chi connectivity index (χ0) is 21.6. The SMILES string of the molecule is CN=C(NCc1ccc(OC)cc1OC1CCCC1)N1CCC(C)C(n2ccnc2)C1. The molecule has 2 aliphatic rings. The van der Waals surface area contributed by atoms with Crippen LogP contribution >= 0.6 is 0 Å². The van der Waals surface area contributed by atoms with Gasteiger partial charge in [0, 0.05) is 50.7 Å². The Morgan fingerprint density at radius 2 is 2.10 bits per heavy atom. The molecule has 1 saturated heterocycles. The van der Waals surface area contributed by atoms with Crippen LogP contribution in [-0.4, -0.2) is 53.8 Å². The summed E-state index contributed by atoms with van der Waals surface area (Å²) in [5, 5.41) is 3.57. The maximum atomic E-state index is 6.36. The van der Waals surface area contributed by atoms with E-state index in [2.05, 4.69) is 43.9 Å². The van der Waals surface area contributed by atoms with Crippen LogP contribution in [0.2, 0.25) is 0 Å². The summed E-state index contributed by atoms with van der Waals surface area (Å²) in [6.07, 6.45) is 12.0. The molecular formula is C24H35N5O2. The highest BCUT2D eigenvalue weighted by Gasteiger charge is 2.29. The fraction of sp³-hybridized carbons (Fsp3) is 0.583. The number of guanidine groups is 1. The van der Waals surface area contributed by atoms with Crippen molar-refractivity contribution in [1.82, 2.24) is 19.8 Å². The molecule has 7 heteroatoms. The van der Waals surface area contributed by atoms with Gasteiger partial charge in [0.2, 0.25) is 0 Å². The fourth-order valence-corrected chi connectivity index (χ4v) is 4.70. The third-order valence-electron chi connectivity index (χ3n) is 6.64. The van der Waals surface area contributed by atoms with E-state index in [4.69, 9.17) is 9.47 Å². The van der Waals surface area contributed by atoms with Gasteiger partial charge in [0.15, 0.2) is 5.96 Å². The van der Waals surface area contributed by atoms with Crippen LogP contribution in [0.5, 0.6) is 11.5 Å². The summed E-state index contributed by atoms with van der Waals surface area (Å²) in [4.78, 5) is 11.2. The summed E-state index contributed by atoms with van der Waals surface area (Å²) in [7, 11) is 3.55. The van der Waals surface area contributed by atoms with Crippen LogP contribution in [0.3, 0.4) is 0 Å². The van der Waals surface area contributed by atoms with Crippen molar-refractivity contribution in [3.63, 3.8) is 0 Å². The van der Waals surface area contributed by atoms with E-state index in [9.17, 15) is 0 Å². The molecule has 1 saturated carbocycles. The van der Waals surface area contributed by atoms with Gasteiger partial charge in [0.05, 0.1) is 25.6 Å². The standard InChI is InChI=1S/C24H35N5O2/c1-18-10-12-28(16-22(18)29-13-11-26-17-29)24(25-2)27-15-19-8-9-21(30-3)14-23(19)31-20-6-4-5-7-20/h8-9,11,13-14,17-18,20,22H,4-7,10,12,15-16H2,1-3H3,(H,25,27). The highest BCUT2D eigenvalue weighted by molar-refractivity contribution is 5.80. The number of nitrogens with zero attached hydrogens (tertiary/aromatic N) is 4. The molecule has 0 amide bonds. The summed E-state index contributed by atoms with van der Waals surface area (Å²) >= 11 is 0. The fourth-order valence-electron chi connectivity index (χ4n) is 4.70. The smallest absolute Gasteiger partial charge is 0.193 e. The van der Waals surface area contributed by atoms with Crippen molar-refractivity contribution < 1.29 is 9.47 Å². The van der Waals surface area contributed by atoms with Crippen LogP contribution in [0.15, 0.2) is 41.9 Å². The van der Waals surface area contributed by atoms with Crippen molar-refractivity contribution in [2.24, 2.45) is 10.9 Å². The summed E-state index contributed by atoms with van der Waals surface area (Å²) in [6, 6.07) is 6.50. The van der Waals surface area contributed by atoms with E-state index in [1.807, 2.05) is 31.7 Å². The van der Waals surface area contributed by atoms with Crippen molar-refractivity contribution in [2.75, 3.05) is 27.2 Å². The van der Waals surface area contributed by atoms with Crippen molar-refractivity contribution in [1.29, 1.82) is 0 Å². The highest BCUT2D eigenvalue weighted by atomic mass is 16.5. The number of likely N-dealkylation sites (tertiary alicyclic amines) is 1. The van der Waals surface area contributed by atoms with Gasteiger partial charge in [-0.3, -0.25) is 4.99 Å². The largest absolute Gasteiger partial charge is 0.497 e. The van der Waals surface area contributed by atoms with Gasteiger partial charge in [-0.2, -0.15) is 0 Å². The lowest BCUT2D eigenvalue weighted by atomic mass is 9.93. The molecule has 1 aliphatic heterocycles. The third kappa shape index (κ3) is 5.14. The Bertz CT molecular complexity index is 861. The molecule has 2 fully saturated rings. The minimum absolute atomic E-state index is 0.310. The van der Waals surface area contributed by atoms with Crippen LogP contribution in [-0.2, 0) is 6.54 Å². The molecule has 1 aromatic heterocycles. The molecule has 7 nitrogen and oxygen atoms in total. The second-order valence-corrected chi connectivity index (χ2v) is 8.69. The topological polar surface area (TPSA) is 63.9 Å². The van der Waals surface area contributed by atoms with Crippen LogP contribution in [0.4, 0.5) is 0 Å². The Labute approximate surface area is 185 Å². The Hall–Kier alpha value is -2.70. The molecule has 4 rings (SSSR count). The molecule has 168 valence electrons. The zero-order valence-corrected chi connectivity index (χ0v) is 19.0. The number of rotatable bonds is 6. The molecule has 1 N–H and O–H groups in total. The van der Waals surface area contributed by atoms with Gasteiger partial charge < -0.3 is 24.3 Å². The number of imidazole rings is 1. The summed E-state index contributed by atoms with van der Waals surface area (Å²) in [5.74, 6) is 3.28. The van der Waals surface area contributed by atoms with Gasteiger partial charge in [-0.05, 0) is 50.2 Å². The van der Waals surface area contributed by atoms with Crippen LogP contribution in [0, 0.1) is 5.92 Å². The average Bonchev–Trinajstić information content (AvgIpc) is 3.50. The maximum Gasteiger partial charge on any atom is 0.193 e. The number of benzene rings is 1. The molecule has 1 aromatic carbocycles. The summed E-state index contributed by atoms with van der Waals surface area (Å²) in [6.45, 7) is 4.91. The van der Waals surface area contributed by atoms with E-state index in [0.29, 0.717) is 24.6 Å². The predicted molar refractivity (Wildman–Crippen MR) is 123 cm³/mol. The van der Waals surface area contributed by atoms with Gasteiger partial charge in [0.1, 0.15) is 11.5 Å². The number of ether oxygens (including phenoxy) is 2. The summed E-state index contributed by atoms with van der Waals surface area (Å²) in [5.41, 5.74) is 1.13. The quantitative estimate of drug-likeness (QED) is 0.562. The molecular weight excluding hydrogens is 390 g/mol. The molecule has 31 heavy (non-hydrogen) atoms. The first-order valence-corrected chi connectivity index (χ1v) is 11.4. The van der Waals surface area contributed by atoms with Crippen LogP contribution in [0.1, 0.15) is 50.6 Å². The van der Waals surface area contributed by atoms with Crippen LogP contribution in [0.25, 0.3) is 0 Å². The lowest BCUT2D eigenvalue weighted by molar-refractivity contribution is 0.188. The Morgan fingerprint density at radius 3 is 2.81 bits per heavy atom. The number of nitrogens with one attached hydrogen (secondary N) is 1. The van der Waals surface area contributed by atoms with Crippen molar-refractivity contribution >= 4 is 5.96 Å². The third-order valence-corrected chi connectivity index (χ3v) is 6.64. The molecule has 2 unspecified atom stereocenters. The van der Waals surface area contributed by atoms with Gasteiger partial charge >= 0.3 is 0 Å². The predicted octanol–water partition coefficient (Wildman–Crippen LogP) is 3.87. The maximum absolute atomic E-state index is 6.36. The molecule has 0 radical (unpaired) electrons. The van der Waals surface area contributed by atoms with E-state index >= 15 is 0 Å². The second-order valence-electron chi connectivity index (χ2n) is 8.69. The number of aliphatic imine (C=N–C) groups is 1. The van der Waals surface area contributed by atoms with E-state index in [-0.39, 0.29) is 0 Å². The van der Waals surface area contributed by atoms with Crippen LogP contribution < -0.4 is 14.8 Å². The minimum atomic E-state index is 0.310. The number of hydrogen-bond acceptors (Lipinski definition) is 4. The van der Waals surface area contributed by atoms with E-state index in [0.717, 1.165) is 55.4 Å². The number of aromatic nitrogens is 2. The molecule has 1 aliphatic carbocycles. The molecule has 0 bridgehead atoms. The van der Waals surface area contributed by atoms with E-state index < -0.39 is 0 Å². The number of piperidine rings is 1. The first kappa shape index (κ1) is 21.5. The van der Waals surface area contributed by atoms with Gasteiger partial charge in [0.25, 0.3) is 0 Å². The Balaban J connectivity index is 1.43. The van der Waals surface area contributed by atoms with Gasteiger partial charge in [-0.25, -0.2) is 4.98 Å². The molecule has 2 atom stereocenters. The lowest BCUT2D eigenvalue weighted by Crippen LogP contribution is -2.48. The van der Waals surface area contributed by atoms with Gasteiger partial charge in [-0.1, -0.05) is 6.92 Å². The second kappa shape index (κ2) is 10.1.